The van der Waals surface area contributed by atoms with E-state index in [4.69, 9.17) is 51.4 Å². The van der Waals surface area contributed by atoms with Crippen LogP contribution in [0.15, 0.2) is 89.4 Å². The zero-order valence-corrected chi connectivity index (χ0v) is 25.2. The number of carbonyl (C=O) groups excluding carboxylic acids is 2. The van der Waals surface area contributed by atoms with Crippen LogP contribution < -0.4 is 15.5 Å². The highest BCUT2D eigenvalue weighted by molar-refractivity contribution is 7.80. The van der Waals surface area contributed by atoms with Crippen LogP contribution in [-0.2, 0) is 4.79 Å². The highest BCUT2D eigenvalue weighted by Crippen LogP contribution is 2.31. The van der Waals surface area contributed by atoms with Crippen molar-refractivity contribution in [3.8, 4) is 11.3 Å². The molecule has 7 nitrogen and oxygen atoms in total. The molecule has 2 heterocycles. The Morgan fingerprint density at radius 2 is 1.57 bits per heavy atom. The first-order chi connectivity index (χ1) is 20.2. The van der Waals surface area contributed by atoms with Gasteiger partial charge in [0.2, 0.25) is 5.91 Å². The topological polar surface area (TPSA) is 77.8 Å². The Labute approximate surface area is 263 Å². The first-order valence-corrected chi connectivity index (χ1v) is 14.5. The summed E-state index contributed by atoms with van der Waals surface area (Å²) in [6.07, 6.45) is 2.85. The number of carbonyl (C=O) groups is 2. The van der Waals surface area contributed by atoms with Gasteiger partial charge in [-0.3, -0.25) is 14.9 Å². The Bertz CT molecular complexity index is 1630. The molecular formula is C31H25Cl3N4O3S. The summed E-state index contributed by atoms with van der Waals surface area (Å²) in [6, 6.07) is 23.4. The van der Waals surface area contributed by atoms with Crippen molar-refractivity contribution in [2.45, 2.75) is 0 Å². The molecule has 1 fully saturated rings. The van der Waals surface area contributed by atoms with Crippen molar-refractivity contribution >= 4 is 81.4 Å². The van der Waals surface area contributed by atoms with Crippen LogP contribution in [-0.4, -0.2) is 48.0 Å². The quantitative estimate of drug-likeness (QED) is 0.169. The van der Waals surface area contributed by atoms with Gasteiger partial charge in [-0.05, 0) is 79.0 Å². The second-order valence-electron chi connectivity index (χ2n) is 9.45. The zero-order chi connectivity index (χ0) is 29.6. The van der Waals surface area contributed by atoms with Gasteiger partial charge in [0, 0.05) is 59.1 Å². The molecule has 1 aliphatic heterocycles. The van der Waals surface area contributed by atoms with Gasteiger partial charge >= 0.3 is 0 Å². The minimum atomic E-state index is -0.429. The minimum absolute atomic E-state index is 0.0307. The third-order valence-electron chi connectivity index (χ3n) is 6.54. The van der Waals surface area contributed by atoms with E-state index in [0.717, 1.165) is 11.3 Å². The lowest BCUT2D eigenvalue weighted by atomic mass is 10.1. The highest BCUT2D eigenvalue weighted by Gasteiger charge is 2.23. The smallest absolute Gasteiger partial charge is 0.253 e. The molecule has 0 unspecified atom stereocenters. The Balaban J connectivity index is 1.12. The number of amides is 2. The SMILES string of the molecule is O=C(/C=C/c1ccc(-c2cc(Cl)cc(Cl)c2)o1)NC(=S)Nc1ccc(N2CCN(C(=O)c3ccccc3)CC2)c(Cl)c1. The summed E-state index contributed by atoms with van der Waals surface area (Å²) in [7, 11) is 0. The Morgan fingerprint density at radius 3 is 2.26 bits per heavy atom. The normalized spacial score (nSPS) is 13.3. The molecule has 0 radical (unpaired) electrons. The van der Waals surface area contributed by atoms with Gasteiger partial charge in [-0.25, -0.2) is 0 Å². The van der Waals surface area contributed by atoms with Crippen molar-refractivity contribution in [1.82, 2.24) is 10.2 Å². The maximum atomic E-state index is 12.7. The van der Waals surface area contributed by atoms with E-state index in [-0.39, 0.29) is 11.0 Å². The number of hydrogen-bond donors (Lipinski definition) is 2. The van der Waals surface area contributed by atoms with Crippen molar-refractivity contribution in [3.63, 3.8) is 0 Å². The molecule has 4 aromatic rings. The van der Waals surface area contributed by atoms with E-state index in [0.29, 0.717) is 64.0 Å². The summed E-state index contributed by atoms with van der Waals surface area (Å²) in [4.78, 5) is 29.1. The van der Waals surface area contributed by atoms with Crippen LogP contribution in [0, 0.1) is 0 Å². The van der Waals surface area contributed by atoms with Crippen LogP contribution in [0.5, 0.6) is 0 Å². The Morgan fingerprint density at radius 1 is 0.857 bits per heavy atom. The van der Waals surface area contributed by atoms with Crippen LogP contribution in [0.2, 0.25) is 15.1 Å². The molecule has 0 aliphatic carbocycles. The number of thiocarbonyl (C=S) groups is 1. The molecule has 2 N–H and O–H groups in total. The van der Waals surface area contributed by atoms with E-state index in [2.05, 4.69) is 15.5 Å². The summed E-state index contributed by atoms with van der Waals surface area (Å²) in [6.45, 7) is 2.52. The van der Waals surface area contributed by atoms with Gasteiger partial charge < -0.3 is 19.5 Å². The molecule has 214 valence electrons. The van der Waals surface area contributed by atoms with E-state index in [1.54, 1.807) is 36.4 Å². The van der Waals surface area contributed by atoms with Gasteiger partial charge in [-0.15, -0.1) is 0 Å². The van der Waals surface area contributed by atoms with Crippen LogP contribution in [0.3, 0.4) is 0 Å². The first-order valence-electron chi connectivity index (χ1n) is 13.0. The van der Waals surface area contributed by atoms with E-state index in [1.807, 2.05) is 47.4 Å². The molecule has 0 spiro atoms. The molecule has 1 aliphatic rings. The number of piperazine rings is 1. The number of furan rings is 1. The lowest BCUT2D eigenvalue weighted by Gasteiger charge is -2.36. The number of nitrogens with zero attached hydrogens (tertiary/aromatic N) is 2. The number of rotatable bonds is 6. The maximum absolute atomic E-state index is 12.7. The molecule has 3 aromatic carbocycles. The number of halogens is 3. The van der Waals surface area contributed by atoms with Crippen molar-refractivity contribution in [2.75, 3.05) is 36.4 Å². The fourth-order valence-corrected chi connectivity index (χ4v) is 5.57. The fraction of sp³-hybridized carbons (Fsp3) is 0.129. The third-order valence-corrected chi connectivity index (χ3v) is 7.49. The second-order valence-corrected chi connectivity index (χ2v) is 11.1. The van der Waals surface area contributed by atoms with Crippen molar-refractivity contribution in [1.29, 1.82) is 0 Å². The van der Waals surface area contributed by atoms with E-state index >= 15 is 0 Å². The molecule has 5 rings (SSSR count). The van der Waals surface area contributed by atoms with Crippen molar-refractivity contribution in [3.05, 3.63) is 111 Å². The Kier molecular flexibility index (Phi) is 9.49. The summed E-state index contributed by atoms with van der Waals surface area (Å²) >= 11 is 24.0. The van der Waals surface area contributed by atoms with Gasteiger partial charge in [0.05, 0.1) is 10.7 Å². The first kappa shape index (κ1) is 29.7. The third kappa shape index (κ3) is 7.52. The van der Waals surface area contributed by atoms with Gasteiger partial charge in [0.25, 0.3) is 5.91 Å². The predicted octanol–water partition coefficient (Wildman–Crippen LogP) is 7.40. The minimum Gasteiger partial charge on any atom is -0.457 e. The predicted molar refractivity (Wildman–Crippen MR) is 174 cm³/mol. The molecule has 2 amide bonds. The van der Waals surface area contributed by atoms with Gasteiger partial charge in [-0.2, -0.15) is 0 Å². The van der Waals surface area contributed by atoms with Crippen LogP contribution in [0.1, 0.15) is 16.1 Å². The van der Waals surface area contributed by atoms with Crippen LogP contribution in [0.25, 0.3) is 17.4 Å². The summed E-state index contributed by atoms with van der Waals surface area (Å²) in [5.41, 5.74) is 2.91. The molecule has 11 heteroatoms. The summed E-state index contributed by atoms with van der Waals surface area (Å²) in [5.74, 6) is 0.646. The van der Waals surface area contributed by atoms with Crippen LogP contribution >= 0.6 is 47.0 Å². The molecular weight excluding hydrogens is 615 g/mol. The number of benzene rings is 3. The molecule has 1 aromatic heterocycles. The molecule has 42 heavy (non-hydrogen) atoms. The molecule has 1 saturated heterocycles. The van der Waals surface area contributed by atoms with Crippen molar-refractivity contribution < 1.29 is 14.0 Å². The monoisotopic (exact) mass is 638 g/mol. The molecule has 0 atom stereocenters. The van der Waals surface area contributed by atoms with E-state index in [9.17, 15) is 9.59 Å². The zero-order valence-electron chi connectivity index (χ0n) is 22.1. The van der Waals surface area contributed by atoms with Crippen LogP contribution in [0.4, 0.5) is 11.4 Å². The Hall–Kier alpha value is -3.82. The fourth-order valence-electron chi connectivity index (χ4n) is 4.52. The lowest BCUT2D eigenvalue weighted by Crippen LogP contribution is -2.48. The largest absolute Gasteiger partial charge is 0.457 e. The lowest BCUT2D eigenvalue weighted by molar-refractivity contribution is -0.115. The summed E-state index contributed by atoms with van der Waals surface area (Å²) < 4.78 is 5.77. The van der Waals surface area contributed by atoms with Gasteiger partial charge in [0.1, 0.15) is 11.5 Å². The van der Waals surface area contributed by atoms with Gasteiger partial charge in [-0.1, -0.05) is 53.0 Å². The van der Waals surface area contributed by atoms with Gasteiger partial charge in [0.15, 0.2) is 5.11 Å². The number of hydrogen-bond acceptors (Lipinski definition) is 5. The average molecular weight is 640 g/mol. The van der Waals surface area contributed by atoms with Crippen molar-refractivity contribution in [2.24, 2.45) is 0 Å². The highest BCUT2D eigenvalue weighted by atomic mass is 35.5. The molecule has 0 saturated carbocycles. The maximum Gasteiger partial charge on any atom is 0.253 e. The van der Waals surface area contributed by atoms with E-state index < -0.39 is 5.91 Å². The number of anilines is 2. The van der Waals surface area contributed by atoms with E-state index in [1.165, 1.54) is 12.2 Å². The average Bonchev–Trinajstić information content (AvgIpc) is 3.45. The standard InChI is InChI=1S/C31H25Cl3N4O3S/c32-22-16-21(17-23(33)18-22)28-10-7-25(41-28)8-11-29(39)36-31(42)35-24-6-9-27(26(34)19-24)37-12-14-38(15-13-37)30(40)20-4-2-1-3-5-20/h1-11,16-19H,12-15H2,(H2,35,36,39,42)/b11-8+. The number of nitrogens with one attached hydrogen (secondary N) is 2. The molecule has 0 bridgehead atoms. The second kappa shape index (κ2) is 13.4. The summed E-state index contributed by atoms with van der Waals surface area (Å²) in [5, 5.41) is 7.23.